The third-order valence-corrected chi connectivity index (χ3v) is 5.24. The van der Waals surface area contributed by atoms with E-state index in [9.17, 15) is 13.2 Å². The van der Waals surface area contributed by atoms with Crippen LogP contribution in [0, 0.1) is 0 Å². The molecule has 7 heteroatoms. The second kappa shape index (κ2) is 8.36. The summed E-state index contributed by atoms with van der Waals surface area (Å²) in [6, 6.07) is 18.6. The molecule has 4 nitrogen and oxygen atoms in total. The van der Waals surface area contributed by atoms with E-state index in [1.165, 1.54) is 6.07 Å². The molecule has 1 fully saturated rings. The van der Waals surface area contributed by atoms with Gasteiger partial charge in [0.15, 0.2) is 0 Å². The number of nitrogens with two attached hydrogens (primary N) is 1. The van der Waals surface area contributed by atoms with Crippen molar-refractivity contribution in [2.45, 2.75) is 25.2 Å². The van der Waals surface area contributed by atoms with Gasteiger partial charge in [0, 0.05) is 37.5 Å². The molecule has 1 unspecified atom stereocenters. The maximum atomic E-state index is 12.7. The van der Waals surface area contributed by atoms with E-state index >= 15 is 0 Å². The fourth-order valence-corrected chi connectivity index (χ4v) is 3.70. The number of ether oxygens (including phenoxy) is 1. The topological polar surface area (TPSA) is 51.4 Å². The van der Waals surface area contributed by atoms with Crippen LogP contribution in [0.1, 0.15) is 17.5 Å². The number of anilines is 1. The van der Waals surface area contributed by atoms with Crippen molar-refractivity contribution in [3.8, 4) is 17.0 Å². The number of hydrogen-bond donors (Lipinski definition) is 1. The van der Waals surface area contributed by atoms with E-state index in [4.69, 9.17) is 10.5 Å². The Hall–Kier alpha value is -3.06. The molecule has 1 atom stereocenters. The smallest absolute Gasteiger partial charge is 0.417 e. The van der Waals surface area contributed by atoms with E-state index in [1.54, 1.807) is 0 Å². The van der Waals surface area contributed by atoms with Gasteiger partial charge in [-0.1, -0.05) is 36.4 Å². The molecule has 1 aliphatic heterocycles. The van der Waals surface area contributed by atoms with Gasteiger partial charge in [0.05, 0.1) is 12.1 Å². The first-order valence-electron chi connectivity index (χ1n) is 9.77. The molecule has 0 saturated carbocycles. The van der Waals surface area contributed by atoms with Crippen LogP contribution in [0.25, 0.3) is 11.1 Å². The SMILES string of the molecule is NCc1cc(-c2ccccc2)ccc1N1CCC(Oc2ccc(C(F)(F)F)cn2)C1. The zero-order valence-electron chi connectivity index (χ0n) is 16.3. The molecule has 1 saturated heterocycles. The predicted molar refractivity (Wildman–Crippen MR) is 110 cm³/mol. The molecule has 0 spiro atoms. The van der Waals surface area contributed by atoms with Gasteiger partial charge in [-0.3, -0.25) is 0 Å². The van der Waals surface area contributed by atoms with Gasteiger partial charge in [0.25, 0.3) is 0 Å². The minimum atomic E-state index is -4.40. The van der Waals surface area contributed by atoms with Gasteiger partial charge in [-0.05, 0) is 34.9 Å². The Labute approximate surface area is 173 Å². The van der Waals surface area contributed by atoms with Gasteiger partial charge in [0.2, 0.25) is 5.88 Å². The average molecular weight is 413 g/mol. The normalized spacial score (nSPS) is 16.7. The van der Waals surface area contributed by atoms with Crippen molar-refractivity contribution in [1.82, 2.24) is 4.98 Å². The fourth-order valence-electron chi connectivity index (χ4n) is 3.70. The Morgan fingerprint density at radius 2 is 1.83 bits per heavy atom. The van der Waals surface area contributed by atoms with Crippen molar-refractivity contribution < 1.29 is 17.9 Å². The minimum Gasteiger partial charge on any atom is -0.472 e. The molecular weight excluding hydrogens is 391 g/mol. The van der Waals surface area contributed by atoms with Crippen LogP contribution >= 0.6 is 0 Å². The molecule has 0 aliphatic carbocycles. The maximum absolute atomic E-state index is 12.7. The van der Waals surface area contributed by atoms with Crippen molar-refractivity contribution in [1.29, 1.82) is 0 Å². The minimum absolute atomic E-state index is 0.145. The van der Waals surface area contributed by atoms with Crippen molar-refractivity contribution >= 4 is 5.69 Å². The molecular formula is C23H22F3N3O. The average Bonchev–Trinajstić information content (AvgIpc) is 3.22. The monoisotopic (exact) mass is 413 g/mol. The second-order valence-electron chi connectivity index (χ2n) is 7.27. The van der Waals surface area contributed by atoms with Crippen LogP contribution in [-0.2, 0) is 12.7 Å². The first-order valence-corrected chi connectivity index (χ1v) is 9.77. The van der Waals surface area contributed by atoms with Gasteiger partial charge in [-0.2, -0.15) is 13.2 Å². The summed E-state index contributed by atoms with van der Waals surface area (Å²) < 4.78 is 43.8. The quantitative estimate of drug-likeness (QED) is 0.648. The number of halogens is 3. The highest BCUT2D eigenvalue weighted by molar-refractivity contribution is 5.69. The van der Waals surface area contributed by atoms with Crippen LogP contribution in [0.2, 0.25) is 0 Å². The lowest BCUT2D eigenvalue weighted by Gasteiger charge is -2.22. The van der Waals surface area contributed by atoms with Crippen LogP contribution in [-0.4, -0.2) is 24.2 Å². The summed E-state index contributed by atoms with van der Waals surface area (Å²) in [6.45, 7) is 1.82. The van der Waals surface area contributed by atoms with E-state index in [0.717, 1.165) is 47.6 Å². The summed E-state index contributed by atoms with van der Waals surface area (Å²) in [6.07, 6.45) is -2.99. The lowest BCUT2D eigenvalue weighted by atomic mass is 10.0. The third kappa shape index (κ3) is 4.41. The van der Waals surface area contributed by atoms with Crippen molar-refractivity contribution in [3.05, 3.63) is 78.0 Å². The van der Waals surface area contributed by atoms with E-state index in [0.29, 0.717) is 13.1 Å². The molecule has 0 bridgehead atoms. The van der Waals surface area contributed by atoms with Gasteiger partial charge < -0.3 is 15.4 Å². The molecule has 156 valence electrons. The first kappa shape index (κ1) is 20.2. The Morgan fingerprint density at radius 1 is 1.03 bits per heavy atom. The van der Waals surface area contributed by atoms with Gasteiger partial charge in [-0.15, -0.1) is 0 Å². The molecule has 0 radical (unpaired) electrons. The van der Waals surface area contributed by atoms with E-state index < -0.39 is 11.7 Å². The summed E-state index contributed by atoms with van der Waals surface area (Å²) in [5.74, 6) is 0.202. The van der Waals surface area contributed by atoms with E-state index in [-0.39, 0.29) is 12.0 Å². The number of nitrogens with zero attached hydrogens (tertiary/aromatic N) is 2. The summed E-state index contributed by atoms with van der Waals surface area (Å²) in [4.78, 5) is 6.00. The highest BCUT2D eigenvalue weighted by atomic mass is 19.4. The van der Waals surface area contributed by atoms with Crippen LogP contribution in [0.3, 0.4) is 0 Å². The Kier molecular flexibility index (Phi) is 5.63. The van der Waals surface area contributed by atoms with Crippen LogP contribution < -0.4 is 15.4 Å². The molecule has 0 amide bonds. The molecule has 2 heterocycles. The molecule has 1 aromatic heterocycles. The molecule has 4 rings (SSSR count). The first-order chi connectivity index (χ1) is 14.4. The Bertz CT molecular complexity index is 991. The van der Waals surface area contributed by atoms with Gasteiger partial charge in [-0.25, -0.2) is 4.98 Å². The van der Waals surface area contributed by atoms with E-state index in [1.807, 2.05) is 18.2 Å². The highest BCUT2D eigenvalue weighted by Crippen LogP contribution is 2.32. The summed E-state index contributed by atoms with van der Waals surface area (Å²) in [5, 5.41) is 0. The zero-order valence-corrected chi connectivity index (χ0v) is 16.3. The van der Waals surface area contributed by atoms with Crippen LogP contribution in [0.5, 0.6) is 5.88 Å². The van der Waals surface area contributed by atoms with E-state index in [2.05, 4.69) is 40.2 Å². The lowest BCUT2D eigenvalue weighted by Crippen LogP contribution is -2.26. The molecule has 2 N–H and O–H groups in total. The molecule has 1 aliphatic rings. The van der Waals surface area contributed by atoms with Crippen LogP contribution in [0.15, 0.2) is 66.9 Å². The van der Waals surface area contributed by atoms with Crippen molar-refractivity contribution in [2.75, 3.05) is 18.0 Å². The number of hydrogen-bond acceptors (Lipinski definition) is 4. The zero-order chi connectivity index (χ0) is 21.1. The highest BCUT2D eigenvalue weighted by Gasteiger charge is 2.31. The van der Waals surface area contributed by atoms with Gasteiger partial charge in [0.1, 0.15) is 6.10 Å². The largest absolute Gasteiger partial charge is 0.472 e. The maximum Gasteiger partial charge on any atom is 0.417 e. The summed E-state index contributed by atoms with van der Waals surface area (Å²) in [5.41, 5.74) is 9.58. The second-order valence-corrected chi connectivity index (χ2v) is 7.27. The molecule has 2 aromatic carbocycles. The fraction of sp³-hybridized carbons (Fsp3) is 0.261. The number of pyridine rings is 1. The lowest BCUT2D eigenvalue weighted by molar-refractivity contribution is -0.137. The van der Waals surface area contributed by atoms with Crippen LogP contribution in [0.4, 0.5) is 18.9 Å². The van der Waals surface area contributed by atoms with Crippen molar-refractivity contribution in [2.24, 2.45) is 5.73 Å². The van der Waals surface area contributed by atoms with Gasteiger partial charge >= 0.3 is 6.18 Å². The number of benzene rings is 2. The summed E-state index contributed by atoms with van der Waals surface area (Å²) in [7, 11) is 0. The third-order valence-electron chi connectivity index (χ3n) is 5.24. The molecule has 3 aromatic rings. The number of aromatic nitrogens is 1. The number of rotatable bonds is 5. The summed E-state index contributed by atoms with van der Waals surface area (Å²) >= 11 is 0. The van der Waals surface area contributed by atoms with Crippen molar-refractivity contribution in [3.63, 3.8) is 0 Å². The molecule has 30 heavy (non-hydrogen) atoms. The standard InChI is InChI=1S/C23H22F3N3O/c24-23(25,26)19-7-9-22(28-14-19)30-20-10-11-29(15-20)21-8-6-17(12-18(21)13-27)16-4-2-1-3-5-16/h1-9,12,14,20H,10-11,13,15,27H2. The Morgan fingerprint density at radius 3 is 2.50 bits per heavy atom. The number of alkyl halides is 3. The Balaban J connectivity index is 1.45. The predicted octanol–water partition coefficient (Wildman–Crippen LogP) is 4.88.